The molecular weight excluding hydrogens is 194 g/mol. The summed E-state index contributed by atoms with van der Waals surface area (Å²) in [5, 5.41) is 12.0. The smallest absolute Gasteiger partial charge is 0.0698 e. The lowest BCUT2D eigenvalue weighted by molar-refractivity contribution is 0.0591. The summed E-state index contributed by atoms with van der Waals surface area (Å²) < 4.78 is 10.5. The van der Waals surface area contributed by atoms with Crippen LogP contribution >= 0.6 is 0 Å². The molecule has 90 valence electrons. The predicted molar refractivity (Wildman–Crippen MR) is 59.0 cm³/mol. The summed E-state index contributed by atoms with van der Waals surface area (Å²) in [5.74, 6) is 0. The molecule has 1 aliphatic rings. The first-order valence-corrected chi connectivity index (χ1v) is 5.81. The summed E-state index contributed by atoms with van der Waals surface area (Å²) in [6, 6.07) is 0.620. The largest absolute Gasteiger partial charge is 0.394 e. The fraction of sp³-hybridized carbons (Fsp3) is 1.00. The minimum atomic E-state index is 0.110. The molecule has 0 heterocycles. The van der Waals surface area contributed by atoms with E-state index in [2.05, 4.69) is 5.32 Å². The molecule has 0 amide bonds. The van der Waals surface area contributed by atoms with Gasteiger partial charge in [0.15, 0.2) is 0 Å². The Hall–Kier alpha value is -0.160. The van der Waals surface area contributed by atoms with Gasteiger partial charge in [-0.1, -0.05) is 0 Å². The quantitative estimate of drug-likeness (QED) is 0.611. The lowest BCUT2D eigenvalue weighted by Crippen LogP contribution is -2.36. The third kappa shape index (κ3) is 5.47. The van der Waals surface area contributed by atoms with Crippen LogP contribution in [0.15, 0.2) is 0 Å². The molecule has 0 radical (unpaired) electrons. The van der Waals surface area contributed by atoms with Crippen LogP contribution in [0, 0.1) is 0 Å². The van der Waals surface area contributed by atoms with Crippen molar-refractivity contribution in [3.05, 3.63) is 0 Å². The minimum Gasteiger partial charge on any atom is -0.394 e. The standard InChI is InChI=1S/C11H23NO3/c1-14-11-4-2-10(3-5-11)12-6-8-15-9-7-13/h10-13H,2-9H2,1H3. The molecule has 15 heavy (non-hydrogen) atoms. The predicted octanol–water partition coefficient (Wildman–Crippen LogP) is 0.542. The van der Waals surface area contributed by atoms with E-state index in [9.17, 15) is 0 Å². The van der Waals surface area contributed by atoms with Crippen molar-refractivity contribution in [2.24, 2.45) is 0 Å². The second-order valence-electron chi connectivity index (χ2n) is 4.00. The zero-order valence-corrected chi connectivity index (χ0v) is 9.58. The Morgan fingerprint density at radius 3 is 2.53 bits per heavy atom. The Balaban J connectivity index is 1.94. The summed E-state index contributed by atoms with van der Waals surface area (Å²) in [7, 11) is 1.79. The van der Waals surface area contributed by atoms with Gasteiger partial charge < -0.3 is 19.9 Å². The van der Waals surface area contributed by atoms with Gasteiger partial charge in [-0.2, -0.15) is 0 Å². The van der Waals surface area contributed by atoms with E-state index < -0.39 is 0 Å². The highest BCUT2D eigenvalue weighted by Gasteiger charge is 2.19. The van der Waals surface area contributed by atoms with Crippen LogP contribution in [0.5, 0.6) is 0 Å². The van der Waals surface area contributed by atoms with E-state index >= 15 is 0 Å². The van der Waals surface area contributed by atoms with E-state index in [1.807, 2.05) is 0 Å². The molecule has 0 aliphatic heterocycles. The van der Waals surface area contributed by atoms with Gasteiger partial charge in [0.1, 0.15) is 0 Å². The molecular formula is C11H23NO3. The van der Waals surface area contributed by atoms with Crippen molar-refractivity contribution in [2.45, 2.75) is 37.8 Å². The average Bonchev–Trinajstić information content (AvgIpc) is 2.30. The molecule has 1 fully saturated rings. The lowest BCUT2D eigenvalue weighted by atomic mass is 9.93. The molecule has 0 aromatic heterocycles. The molecule has 4 nitrogen and oxygen atoms in total. The molecule has 4 heteroatoms. The van der Waals surface area contributed by atoms with Crippen LogP contribution in [0.3, 0.4) is 0 Å². The maximum Gasteiger partial charge on any atom is 0.0698 e. The molecule has 1 aliphatic carbocycles. The number of aliphatic hydroxyl groups is 1. The van der Waals surface area contributed by atoms with Crippen molar-refractivity contribution in [1.82, 2.24) is 5.32 Å². The van der Waals surface area contributed by atoms with Crippen LogP contribution in [0.2, 0.25) is 0 Å². The maximum absolute atomic E-state index is 8.51. The first-order valence-electron chi connectivity index (χ1n) is 5.81. The third-order valence-electron chi connectivity index (χ3n) is 2.92. The van der Waals surface area contributed by atoms with Crippen molar-refractivity contribution in [3.63, 3.8) is 0 Å². The second kappa shape index (κ2) is 8.05. The van der Waals surface area contributed by atoms with Crippen LogP contribution in [-0.2, 0) is 9.47 Å². The van der Waals surface area contributed by atoms with Gasteiger partial charge in [0, 0.05) is 19.7 Å². The van der Waals surface area contributed by atoms with Gasteiger partial charge >= 0.3 is 0 Å². The Kier molecular flexibility index (Phi) is 6.92. The highest BCUT2D eigenvalue weighted by atomic mass is 16.5. The number of rotatable bonds is 7. The summed E-state index contributed by atoms with van der Waals surface area (Å²) in [4.78, 5) is 0. The number of aliphatic hydroxyl groups excluding tert-OH is 1. The summed E-state index contributed by atoms with van der Waals surface area (Å²) >= 11 is 0. The summed E-state index contributed by atoms with van der Waals surface area (Å²) in [6.45, 7) is 2.12. The topological polar surface area (TPSA) is 50.7 Å². The molecule has 1 rings (SSSR count). The first-order chi connectivity index (χ1) is 7.36. The third-order valence-corrected chi connectivity index (χ3v) is 2.92. The van der Waals surface area contributed by atoms with Gasteiger partial charge in [0.25, 0.3) is 0 Å². The summed E-state index contributed by atoms with van der Waals surface area (Å²) in [5.41, 5.74) is 0. The number of methoxy groups -OCH3 is 1. The van der Waals surface area contributed by atoms with Crippen molar-refractivity contribution >= 4 is 0 Å². The normalized spacial score (nSPS) is 26.8. The molecule has 0 aromatic carbocycles. The number of ether oxygens (including phenoxy) is 2. The Bertz CT molecular complexity index is 147. The van der Waals surface area contributed by atoms with Crippen LogP contribution in [-0.4, -0.2) is 50.7 Å². The van der Waals surface area contributed by atoms with Gasteiger partial charge in [-0.25, -0.2) is 0 Å². The van der Waals surface area contributed by atoms with E-state index in [-0.39, 0.29) is 6.61 Å². The fourth-order valence-corrected chi connectivity index (χ4v) is 2.00. The van der Waals surface area contributed by atoms with Crippen LogP contribution in [0.1, 0.15) is 25.7 Å². The monoisotopic (exact) mass is 217 g/mol. The van der Waals surface area contributed by atoms with E-state index in [0.717, 1.165) is 19.4 Å². The zero-order valence-electron chi connectivity index (χ0n) is 9.58. The van der Waals surface area contributed by atoms with E-state index in [1.54, 1.807) is 7.11 Å². The van der Waals surface area contributed by atoms with Gasteiger partial charge in [-0.3, -0.25) is 0 Å². The molecule has 0 unspecified atom stereocenters. The van der Waals surface area contributed by atoms with E-state index in [4.69, 9.17) is 14.6 Å². The molecule has 1 saturated carbocycles. The average molecular weight is 217 g/mol. The molecule has 0 saturated heterocycles. The van der Waals surface area contributed by atoms with Crippen molar-refractivity contribution < 1.29 is 14.6 Å². The highest BCUT2D eigenvalue weighted by Crippen LogP contribution is 2.20. The van der Waals surface area contributed by atoms with Crippen molar-refractivity contribution in [3.8, 4) is 0 Å². The van der Waals surface area contributed by atoms with Gasteiger partial charge in [-0.15, -0.1) is 0 Å². The maximum atomic E-state index is 8.51. The van der Waals surface area contributed by atoms with E-state index in [0.29, 0.717) is 25.4 Å². The minimum absolute atomic E-state index is 0.110. The lowest BCUT2D eigenvalue weighted by Gasteiger charge is -2.28. The van der Waals surface area contributed by atoms with Crippen molar-refractivity contribution in [2.75, 3.05) is 33.5 Å². The Labute approximate surface area is 92.0 Å². The van der Waals surface area contributed by atoms with Gasteiger partial charge in [-0.05, 0) is 25.7 Å². The van der Waals surface area contributed by atoms with Gasteiger partial charge in [0.2, 0.25) is 0 Å². The molecule has 0 atom stereocenters. The van der Waals surface area contributed by atoms with Crippen LogP contribution in [0.4, 0.5) is 0 Å². The van der Waals surface area contributed by atoms with Crippen LogP contribution in [0.25, 0.3) is 0 Å². The molecule has 0 aromatic rings. The summed E-state index contributed by atoms with van der Waals surface area (Å²) in [6.07, 6.45) is 5.17. The fourth-order valence-electron chi connectivity index (χ4n) is 2.00. The number of hydrogen-bond acceptors (Lipinski definition) is 4. The molecule has 0 spiro atoms. The SMILES string of the molecule is COC1CCC(NCCOCCO)CC1. The first kappa shape index (κ1) is 12.9. The molecule has 2 N–H and O–H groups in total. The van der Waals surface area contributed by atoms with Crippen molar-refractivity contribution in [1.29, 1.82) is 0 Å². The second-order valence-corrected chi connectivity index (χ2v) is 4.00. The Morgan fingerprint density at radius 1 is 1.20 bits per heavy atom. The van der Waals surface area contributed by atoms with E-state index in [1.165, 1.54) is 12.8 Å². The Morgan fingerprint density at radius 2 is 1.93 bits per heavy atom. The number of nitrogens with one attached hydrogen (secondary N) is 1. The van der Waals surface area contributed by atoms with Crippen LogP contribution < -0.4 is 5.32 Å². The highest BCUT2D eigenvalue weighted by molar-refractivity contribution is 4.77. The zero-order chi connectivity index (χ0) is 10.9. The van der Waals surface area contributed by atoms with Gasteiger partial charge in [0.05, 0.1) is 25.9 Å². The number of hydrogen-bond donors (Lipinski definition) is 2. The molecule has 0 bridgehead atoms.